The average Bonchev–Trinajstić information content (AvgIpc) is 1.53. The molecule has 4 aliphatic carbocycles. The summed E-state index contributed by atoms with van der Waals surface area (Å²) in [4.78, 5) is 3.61. The van der Waals surface area contributed by atoms with E-state index in [9.17, 15) is 0 Å². The number of benzene rings is 14. The third kappa shape index (κ3) is 11.4. The van der Waals surface area contributed by atoms with E-state index in [1.165, 1.54) is 36.4 Å². The molecule has 16 heteroatoms. The number of fused-ring (bicyclic) bond motifs is 10. The number of aryl methyl sites for hydroxylation is 2. The molecule has 18 rings (SSSR count). The van der Waals surface area contributed by atoms with Crippen molar-refractivity contribution in [1.82, 2.24) is 0 Å². The van der Waals surface area contributed by atoms with Gasteiger partial charge in [0.25, 0.3) is 0 Å². The van der Waals surface area contributed by atoms with Gasteiger partial charge >= 0.3 is 0 Å². The molecule has 0 fully saturated rings. The van der Waals surface area contributed by atoms with Crippen molar-refractivity contribution in [1.29, 1.82) is 0 Å². The highest BCUT2D eigenvalue weighted by Gasteiger charge is 2.58. The van der Waals surface area contributed by atoms with Crippen molar-refractivity contribution in [2.75, 3.05) is 9.80 Å². The van der Waals surface area contributed by atoms with E-state index in [-0.39, 0.29) is 44.9 Å². The molecule has 0 heterocycles. The van der Waals surface area contributed by atoms with Crippen molar-refractivity contribution in [2.24, 2.45) is 0 Å². The largest absolute Gasteiger partial charge is 0.457 e. The quantitative estimate of drug-likeness (QED) is 0.0547. The fourth-order valence-corrected chi connectivity index (χ4v) is 19.2. The third-order valence-corrected chi connectivity index (χ3v) is 24.3. The first-order valence-electron chi connectivity index (χ1n) is 38.1. The lowest BCUT2D eigenvalue weighted by atomic mass is 9.67. The van der Waals surface area contributed by atoms with E-state index in [0.717, 1.165) is 33.4 Å². The molecule has 0 radical (unpaired) electrons. The summed E-state index contributed by atoms with van der Waals surface area (Å²) >= 11 is 0. The number of halogens is 12. The lowest BCUT2D eigenvalue weighted by molar-refractivity contribution is 0.349. The molecule has 2 unspecified atom stereocenters. The van der Waals surface area contributed by atoms with Gasteiger partial charge in [-0.25, -0.2) is 52.7 Å². The van der Waals surface area contributed by atoms with Crippen LogP contribution in [0.2, 0.25) is 0 Å². The summed E-state index contributed by atoms with van der Waals surface area (Å²) in [5.74, 6) is -21.1. The van der Waals surface area contributed by atoms with Gasteiger partial charge in [0, 0.05) is 50.7 Å². The molecular formula is C101H70F12N2O2. The summed E-state index contributed by atoms with van der Waals surface area (Å²) in [5, 5.41) is 0. The van der Waals surface area contributed by atoms with Crippen LogP contribution in [0.4, 0.5) is 86.8 Å². The summed E-state index contributed by atoms with van der Waals surface area (Å²) in [6.07, 6.45) is 4.39. The van der Waals surface area contributed by atoms with E-state index in [2.05, 4.69) is 53.0 Å². The molecule has 0 saturated carbocycles. The number of rotatable bonds is 16. The van der Waals surface area contributed by atoms with Crippen molar-refractivity contribution in [3.63, 3.8) is 0 Å². The molecule has 4 aliphatic rings. The van der Waals surface area contributed by atoms with Gasteiger partial charge in [0.15, 0.2) is 46.5 Å². The average molecular weight is 1570 g/mol. The highest BCUT2D eigenvalue weighted by atomic mass is 19.2. The van der Waals surface area contributed by atoms with Crippen molar-refractivity contribution in [3.05, 3.63) is 427 Å². The maximum atomic E-state index is 17.5. The Balaban J connectivity index is 0.821. The Bertz CT molecular complexity index is 6060. The minimum absolute atomic E-state index is 0.116. The molecule has 14 aromatic rings. The maximum Gasteiger partial charge on any atom is 0.200 e. The summed E-state index contributed by atoms with van der Waals surface area (Å²) in [6.45, 7) is 19.5. The SMILES string of the molecule is C=Cc1ccc(Oc2ccc(C3(c4c(F)c(F)c(F)c(F)c4F)c4ccccc4-c4ccc(N(c5ccc(C)c(F)c5)c5ccc6c(c5)C5(CC6(C)C)CC(C)(C)c6ccc(N(c7ccc(C)c(F)c7)c7ccc8c(c7)C(c7ccc(Oc9ccc(C=C)cc9)cc7)(c7c(F)c(F)c(F)c(F)c7F)c7ccccc7-8)cc65)cc43)cc2)cc1. The van der Waals surface area contributed by atoms with Gasteiger partial charge in [0.05, 0.1) is 10.8 Å². The van der Waals surface area contributed by atoms with Crippen LogP contribution in [0.5, 0.6) is 23.0 Å². The number of anilines is 6. The Morgan fingerprint density at radius 3 is 0.906 bits per heavy atom. The van der Waals surface area contributed by atoms with E-state index in [1.807, 2.05) is 24.3 Å². The van der Waals surface area contributed by atoms with E-state index >= 15 is 52.7 Å². The van der Waals surface area contributed by atoms with Gasteiger partial charge in [-0.1, -0.05) is 186 Å². The molecule has 0 amide bonds. The smallest absolute Gasteiger partial charge is 0.200 e. The summed E-state index contributed by atoms with van der Waals surface area (Å²) in [7, 11) is 0. The summed E-state index contributed by atoms with van der Waals surface area (Å²) < 4.78 is 212. The molecule has 0 aromatic heterocycles. The molecule has 0 saturated heterocycles. The number of nitrogens with zero attached hydrogens (tertiary/aromatic N) is 2. The summed E-state index contributed by atoms with van der Waals surface area (Å²) in [6, 6.07) is 71.6. The van der Waals surface area contributed by atoms with E-state index in [0.29, 0.717) is 91.8 Å². The minimum Gasteiger partial charge on any atom is -0.457 e. The fourth-order valence-electron chi connectivity index (χ4n) is 19.2. The zero-order valence-electron chi connectivity index (χ0n) is 64.0. The Labute approximate surface area is 668 Å². The van der Waals surface area contributed by atoms with Crippen LogP contribution >= 0.6 is 0 Å². The second kappa shape index (κ2) is 27.6. The van der Waals surface area contributed by atoms with Crippen LogP contribution in [0.25, 0.3) is 34.4 Å². The number of hydrogen-bond acceptors (Lipinski definition) is 4. The number of hydrogen-bond donors (Lipinski definition) is 0. The maximum absolute atomic E-state index is 17.5. The van der Waals surface area contributed by atoms with Gasteiger partial charge in [-0.3, -0.25) is 0 Å². The first-order chi connectivity index (χ1) is 56.1. The molecular weight excluding hydrogens is 1500 g/mol. The summed E-state index contributed by atoms with van der Waals surface area (Å²) in [5.41, 5.74) is 1.94. The predicted octanol–water partition coefficient (Wildman–Crippen LogP) is 28.2. The molecule has 14 aromatic carbocycles. The van der Waals surface area contributed by atoms with Gasteiger partial charge in [0.2, 0.25) is 11.6 Å². The van der Waals surface area contributed by atoms with Crippen LogP contribution in [0.1, 0.15) is 130 Å². The zero-order chi connectivity index (χ0) is 81.8. The zero-order valence-corrected chi connectivity index (χ0v) is 64.0. The second-order valence-electron chi connectivity index (χ2n) is 31.9. The number of ether oxygens (including phenoxy) is 2. The van der Waals surface area contributed by atoms with E-state index in [1.54, 1.807) is 218 Å². The Hall–Kier alpha value is -13.1. The molecule has 0 bridgehead atoms. The minimum atomic E-state index is -2.34. The van der Waals surface area contributed by atoms with Crippen molar-refractivity contribution < 1.29 is 62.2 Å². The van der Waals surface area contributed by atoms with Gasteiger partial charge in [-0.05, 0) is 259 Å². The molecule has 0 N–H and O–H groups in total. The second-order valence-corrected chi connectivity index (χ2v) is 31.9. The fraction of sp³-hybridized carbons (Fsp3) is 0.129. The monoisotopic (exact) mass is 1570 g/mol. The van der Waals surface area contributed by atoms with Crippen molar-refractivity contribution in [2.45, 2.75) is 81.5 Å². The van der Waals surface area contributed by atoms with E-state index < -0.39 is 108 Å². The van der Waals surface area contributed by atoms with Crippen molar-refractivity contribution in [3.8, 4) is 45.3 Å². The Morgan fingerprint density at radius 1 is 0.291 bits per heavy atom. The highest BCUT2D eigenvalue weighted by molar-refractivity contribution is 5.93. The predicted molar refractivity (Wildman–Crippen MR) is 435 cm³/mol. The van der Waals surface area contributed by atoms with Crippen LogP contribution in [0.15, 0.2) is 268 Å². The van der Waals surface area contributed by atoms with Crippen LogP contribution in [0, 0.1) is 83.7 Å². The van der Waals surface area contributed by atoms with Gasteiger partial charge in [-0.15, -0.1) is 0 Å². The first kappa shape index (κ1) is 75.3. The highest BCUT2D eigenvalue weighted by Crippen LogP contribution is 2.66. The van der Waals surface area contributed by atoms with Crippen LogP contribution < -0.4 is 19.3 Å². The van der Waals surface area contributed by atoms with Gasteiger partial charge < -0.3 is 19.3 Å². The molecule has 0 aliphatic heterocycles. The van der Waals surface area contributed by atoms with Crippen molar-refractivity contribution >= 4 is 46.3 Å². The molecule has 2 atom stereocenters. The molecule has 4 nitrogen and oxygen atoms in total. The molecule has 580 valence electrons. The van der Waals surface area contributed by atoms with Gasteiger partial charge in [-0.2, -0.15) is 0 Å². The van der Waals surface area contributed by atoms with Crippen LogP contribution in [-0.2, 0) is 27.1 Å². The van der Waals surface area contributed by atoms with Gasteiger partial charge in [0.1, 0.15) is 34.6 Å². The lowest BCUT2D eigenvalue weighted by Gasteiger charge is -2.36. The van der Waals surface area contributed by atoms with Crippen LogP contribution in [-0.4, -0.2) is 0 Å². The lowest BCUT2D eigenvalue weighted by Crippen LogP contribution is -2.33. The first-order valence-corrected chi connectivity index (χ1v) is 38.1. The standard InChI is InChI=1S/C101H70F12N2O2/c1-9-57-21-35-67(36-22-57)116-69-39-25-59(26-40-69)100(85-87(104)91(108)95(112)92(109)88(85)105)75-17-13-11-15-71(75)73-43-31-61(47-79(73)100)114(65-29-19-55(3)83(102)51-65)63-33-45-77-81(49-63)99(53-97(77,5)6)54-98(7,8)78-46-34-64(50-82(78)99)115(66-30-20-56(4)84(103)52-66)62-32-44-74-72-16-12-14-18-76(72)101(80(74)48-62,86-89(106)93(110)96(113)94(111)90(86)107)60-27-41-70(42-28-60)117-68-37-23-58(10-2)24-38-68/h9-52H,1-2,53-54H2,3-8H3. The van der Waals surface area contributed by atoms with Crippen LogP contribution in [0.3, 0.4) is 0 Å². The molecule has 1 spiro atoms. The Morgan fingerprint density at radius 2 is 0.573 bits per heavy atom. The molecule has 117 heavy (non-hydrogen) atoms. The van der Waals surface area contributed by atoms with E-state index in [4.69, 9.17) is 9.47 Å². The normalized spacial score (nSPS) is 17.4. The Kier molecular flexibility index (Phi) is 17.7. The topological polar surface area (TPSA) is 24.9 Å². The third-order valence-electron chi connectivity index (χ3n) is 24.3.